The van der Waals surface area contributed by atoms with Gasteiger partial charge in [-0.25, -0.2) is 4.98 Å². The van der Waals surface area contributed by atoms with Crippen molar-refractivity contribution in [1.29, 1.82) is 0 Å². The van der Waals surface area contributed by atoms with E-state index >= 15 is 0 Å². The van der Waals surface area contributed by atoms with Crippen LogP contribution in [0.4, 0.5) is 0 Å². The van der Waals surface area contributed by atoms with E-state index in [1.165, 1.54) is 6.33 Å². The average molecular weight is 375 g/mol. The highest BCUT2D eigenvalue weighted by Crippen LogP contribution is 2.20. The molecule has 0 radical (unpaired) electrons. The number of aromatic nitrogens is 2. The van der Waals surface area contributed by atoms with Crippen molar-refractivity contribution in [2.75, 3.05) is 46.3 Å². The number of carbonyl (C=O) groups is 1. The van der Waals surface area contributed by atoms with Gasteiger partial charge in [0.1, 0.15) is 17.5 Å². The molecule has 2 aromatic heterocycles. The van der Waals surface area contributed by atoms with Crippen LogP contribution in [0.2, 0.25) is 0 Å². The molecular weight excluding hydrogens is 346 g/mol. The zero-order valence-corrected chi connectivity index (χ0v) is 16.6. The van der Waals surface area contributed by atoms with Gasteiger partial charge in [0.2, 0.25) is 5.71 Å². The Bertz CT molecular complexity index is 862. The van der Waals surface area contributed by atoms with Gasteiger partial charge >= 0.3 is 0 Å². The summed E-state index contributed by atoms with van der Waals surface area (Å²) in [5.41, 5.74) is 0.301. The third kappa shape index (κ3) is 4.39. The summed E-state index contributed by atoms with van der Waals surface area (Å²) in [6.45, 7) is 11.7. The number of hydrogen-bond donors (Lipinski definition) is 1. The Balaban J connectivity index is 1.74. The molecule has 0 spiro atoms. The van der Waals surface area contributed by atoms with Crippen molar-refractivity contribution in [3.8, 4) is 0 Å². The first-order valence-electron chi connectivity index (χ1n) is 9.54. The average Bonchev–Trinajstić information content (AvgIpc) is 2.95. The van der Waals surface area contributed by atoms with Gasteiger partial charge in [0, 0.05) is 45.8 Å². The molecule has 1 N–H and O–H groups in total. The molecule has 0 unspecified atom stereocenters. The Morgan fingerprint density at radius 2 is 2.00 bits per heavy atom. The van der Waals surface area contributed by atoms with Gasteiger partial charge in [0.15, 0.2) is 0 Å². The van der Waals surface area contributed by atoms with Crippen LogP contribution in [0.25, 0.3) is 11.1 Å². The van der Waals surface area contributed by atoms with Crippen LogP contribution in [-0.4, -0.2) is 71.6 Å². The molecule has 27 heavy (non-hydrogen) atoms. The molecule has 0 aliphatic carbocycles. The molecule has 1 aliphatic rings. The fourth-order valence-corrected chi connectivity index (χ4v) is 3.42. The topological polar surface area (TPSA) is 83.6 Å². The lowest BCUT2D eigenvalue weighted by molar-refractivity contribution is 0.0941. The number of piperazine rings is 1. The number of nitrogens with zero attached hydrogens (tertiary/aromatic N) is 4. The molecule has 2 aromatic rings. The van der Waals surface area contributed by atoms with Crippen LogP contribution >= 0.6 is 0 Å². The first kappa shape index (κ1) is 19.6. The second kappa shape index (κ2) is 8.22. The number of aryl methyl sites for hydroxylation is 1. The highest BCUT2D eigenvalue weighted by Gasteiger charge is 2.23. The second-order valence-corrected chi connectivity index (χ2v) is 7.71. The van der Waals surface area contributed by atoms with E-state index in [1.54, 1.807) is 11.5 Å². The minimum atomic E-state index is -0.276. The minimum Gasteiger partial charge on any atom is -0.442 e. The van der Waals surface area contributed by atoms with E-state index in [9.17, 15) is 9.59 Å². The Hall–Kier alpha value is -2.19. The summed E-state index contributed by atoms with van der Waals surface area (Å²) in [6, 6.07) is 0. The van der Waals surface area contributed by atoms with Gasteiger partial charge in [-0.3, -0.25) is 19.1 Å². The van der Waals surface area contributed by atoms with Crippen LogP contribution in [0.3, 0.4) is 0 Å². The maximum Gasteiger partial charge on any atom is 0.265 e. The van der Waals surface area contributed by atoms with E-state index in [1.807, 2.05) is 13.8 Å². The van der Waals surface area contributed by atoms with Gasteiger partial charge in [-0.05, 0) is 19.9 Å². The van der Waals surface area contributed by atoms with Crippen LogP contribution < -0.4 is 10.9 Å². The zero-order chi connectivity index (χ0) is 19.6. The molecule has 0 bridgehead atoms. The number of nitrogens with one attached hydrogen (secondary N) is 1. The van der Waals surface area contributed by atoms with Gasteiger partial charge in [0.05, 0.1) is 5.56 Å². The molecule has 148 valence electrons. The van der Waals surface area contributed by atoms with Crippen molar-refractivity contribution in [3.63, 3.8) is 0 Å². The van der Waals surface area contributed by atoms with Crippen LogP contribution in [-0.2, 0) is 6.54 Å². The largest absolute Gasteiger partial charge is 0.442 e. The smallest absolute Gasteiger partial charge is 0.265 e. The SMILES string of the molecule is Cc1oc2ncn(CC(C)C)c(=O)c2c1C(=O)NCCN1CCN(C)CC1. The normalized spacial score (nSPS) is 16.3. The minimum absolute atomic E-state index is 0.224. The second-order valence-electron chi connectivity index (χ2n) is 7.71. The van der Waals surface area contributed by atoms with E-state index in [-0.39, 0.29) is 22.6 Å². The predicted molar refractivity (Wildman–Crippen MR) is 104 cm³/mol. The number of furan rings is 1. The van der Waals surface area contributed by atoms with Crippen molar-refractivity contribution in [3.05, 3.63) is 28.0 Å². The fraction of sp³-hybridized carbons (Fsp3) is 0.632. The lowest BCUT2D eigenvalue weighted by atomic mass is 10.1. The van der Waals surface area contributed by atoms with Gasteiger partial charge in [-0.2, -0.15) is 0 Å². The fourth-order valence-electron chi connectivity index (χ4n) is 3.42. The van der Waals surface area contributed by atoms with Crippen LogP contribution in [0.1, 0.15) is 30.0 Å². The molecular formula is C19H29N5O3. The van der Waals surface area contributed by atoms with Crippen molar-refractivity contribution in [1.82, 2.24) is 24.7 Å². The highest BCUT2D eigenvalue weighted by molar-refractivity contribution is 6.06. The molecule has 0 atom stereocenters. The van der Waals surface area contributed by atoms with Gasteiger partial charge in [0.25, 0.3) is 11.5 Å². The summed E-state index contributed by atoms with van der Waals surface area (Å²) >= 11 is 0. The summed E-state index contributed by atoms with van der Waals surface area (Å²) < 4.78 is 7.11. The Morgan fingerprint density at radius 3 is 2.67 bits per heavy atom. The summed E-state index contributed by atoms with van der Waals surface area (Å²) in [5, 5.41) is 3.20. The van der Waals surface area contributed by atoms with Crippen LogP contribution in [0.5, 0.6) is 0 Å². The standard InChI is InChI=1S/C19H29N5O3/c1-13(2)11-24-12-21-18-16(19(24)26)15(14(3)27-18)17(25)20-5-6-23-9-7-22(4)8-10-23/h12-13H,5-11H2,1-4H3,(H,20,25). The Labute approximate surface area is 159 Å². The molecule has 0 saturated carbocycles. The Morgan fingerprint density at radius 1 is 1.30 bits per heavy atom. The monoisotopic (exact) mass is 375 g/mol. The van der Waals surface area contributed by atoms with Crippen molar-refractivity contribution in [2.45, 2.75) is 27.3 Å². The number of hydrogen-bond acceptors (Lipinski definition) is 6. The van der Waals surface area contributed by atoms with Gasteiger partial charge in [-0.1, -0.05) is 13.8 Å². The maximum absolute atomic E-state index is 12.8. The molecule has 0 aromatic carbocycles. The van der Waals surface area contributed by atoms with Crippen LogP contribution in [0.15, 0.2) is 15.5 Å². The lowest BCUT2D eigenvalue weighted by Crippen LogP contribution is -2.47. The summed E-state index contributed by atoms with van der Waals surface area (Å²) in [7, 11) is 2.12. The third-order valence-electron chi connectivity index (χ3n) is 4.95. The first-order valence-corrected chi connectivity index (χ1v) is 9.54. The molecule has 1 fully saturated rings. The van der Waals surface area contributed by atoms with Crippen LogP contribution in [0, 0.1) is 12.8 Å². The van der Waals surface area contributed by atoms with E-state index in [4.69, 9.17) is 4.42 Å². The maximum atomic E-state index is 12.8. The molecule has 3 rings (SSSR count). The quantitative estimate of drug-likeness (QED) is 0.809. The molecule has 8 nitrogen and oxygen atoms in total. The molecule has 1 aliphatic heterocycles. The zero-order valence-electron chi connectivity index (χ0n) is 16.6. The third-order valence-corrected chi connectivity index (χ3v) is 4.95. The van der Waals surface area contributed by atoms with E-state index in [0.29, 0.717) is 30.3 Å². The lowest BCUT2D eigenvalue weighted by Gasteiger charge is -2.32. The first-order chi connectivity index (χ1) is 12.9. The number of likely N-dealkylation sites (N-methyl/N-ethyl adjacent to an activating group) is 1. The van der Waals surface area contributed by atoms with Gasteiger partial charge in [-0.15, -0.1) is 0 Å². The Kier molecular flexibility index (Phi) is 5.96. The summed E-state index contributed by atoms with van der Waals surface area (Å²) in [4.78, 5) is 34.4. The predicted octanol–water partition coefficient (Wildman–Crippen LogP) is 0.931. The van der Waals surface area contributed by atoms with E-state index < -0.39 is 0 Å². The molecule has 1 amide bonds. The number of amides is 1. The summed E-state index contributed by atoms with van der Waals surface area (Å²) in [6.07, 6.45) is 1.49. The number of fused-ring (bicyclic) bond motifs is 1. The summed E-state index contributed by atoms with van der Waals surface area (Å²) in [5.74, 6) is 0.450. The number of carbonyl (C=O) groups excluding carboxylic acids is 1. The molecule has 1 saturated heterocycles. The van der Waals surface area contributed by atoms with Crippen molar-refractivity contribution < 1.29 is 9.21 Å². The van der Waals surface area contributed by atoms with E-state index in [2.05, 4.69) is 27.1 Å². The van der Waals surface area contributed by atoms with Crippen molar-refractivity contribution >= 4 is 17.0 Å². The highest BCUT2D eigenvalue weighted by atomic mass is 16.3. The molecule has 8 heteroatoms. The van der Waals surface area contributed by atoms with E-state index in [0.717, 1.165) is 32.7 Å². The molecule has 3 heterocycles. The van der Waals surface area contributed by atoms with Gasteiger partial charge < -0.3 is 14.6 Å². The number of rotatable bonds is 6. The van der Waals surface area contributed by atoms with Crippen molar-refractivity contribution in [2.24, 2.45) is 5.92 Å².